The summed E-state index contributed by atoms with van der Waals surface area (Å²) in [5.74, 6) is 0. The minimum Gasteiger partial charge on any atom is -0.691 e. The van der Waals surface area contributed by atoms with E-state index in [-0.39, 0.29) is 0 Å². The summed E-state index contributed by atoms with van der Waals surface area (Å²) in [5.41, 5.74) is -2.24. The molecule has 22 heavy (non-hydrogen) atoms. The molecule has 0 bridgehead atoms. The molecule has 0 N–H and O–H groups in total. The lowest BCUT2D eigenvalue weighted by molar-refractivity contribution is 0.354. The summed E-state index contributed by atoms with van der Waals surface area (Å²) in [6.45, 7) is 0. The van der Waals surface area contributed by atoms with Gasteiger partial charge in [0.15, 0.2) is 10.3 Å². The van der Waals surface area contributed by atoms with E-state index >= 15 is 0 Å². The fourth-order valence-electron chi connectivity index (χ4n) is 2.32. The van der Waals surface area contributed by atoms with Crippen LogP contribution in [0.4, 0.5) is 0 Å². The highest BCUT2D eigenvalue weighted by Crippen LogP contribution is 2.43. The highest BCUT2D eigenvalue weighted by atomic mass is 32.9. The zero-order chi connectivity index (χ0) is 15.7. The Hall–Kier alpha value is -0.330. The van der Waals surface area contributed by atoms with E-state index in [2.05, 4.69) is 75.6 Å². The van der Waals surface area contributed by atoms with Crippen LogP contribution in [0.1, 0.15) is 0 Å². The van der Waals surface area contributed by atoms with Crippen molar-refractivity contribution in [2.45, 2.75) is 0 Å². The highest BCUT2D eigenvalue weighted by Gasteiger charge is 2.16. The Morgan fingerprint density at radius 1 is 1.00 bits per heavy atom. The fraction of sp³-hybridized carbons (Fsp3) is 0.133. The molecule has 0 aliphatic heterocycles. The summed E-state index contributed by atoms with van der Waals surface area (Å²) in [4.78, 5) is 0. The van der Waals surface area contributed by atoms with E-state index in [1.807, 2.05) is 20.7 Å². The summed E-state index contributed by atoms with van der Waals surface area (Å²) >= 11 is 9.25. The van der Waals surface area contributed by atoms with Gasteiger partial charge in [-0.05, 0) is 22.9 Å². The van der Waals surface area contributed by atoms with E-state index in [1.165, 1.54) is 45.2 Å². The average molecular weight is 385 g/mol. The lowest BCUT2D eigenvalue weighted by atomic mass is 10.0. The number of rotatable bonds is 2. The first-order valence-electron chi connectivity index (χ1n) is 6.44. The van der Waals surface area contributed by atoms with Crippen LogP contribution in [-0.2, 0) is 33.1 Å². The molecule has 4 rings (SSSR count). The second-order valence-corrected chi connectivity index (χ2v) is 12.0. The van der Waals surface area contributed by atoms with E-state index in [9.17, 15) is 0 Å². The Bertz CT molecular complexity index is 898. The molecule has 0 fully saturated rings. The van der Waals surface area contributed by atoms with Gasteiger partial charge in [-0.15, -0.1) is 0 Å². The number of hydrogen-bond acceptors (Lipinski definition) is 5. The molecule has 114 valence electrons. The van der Waals surface area contributed by atoms with E-state index in [1.54, 1.807) is 0 Å². The van der Waals surface area contributed by atoms with Gasteiger partial charge in [0.05, 0.1) is 15.8 Å². The third kappa shape index (κ3) is 3.15. The molecule has 0 amide bonds. The van der Waals surface area contributed by atoms with Crippen LogP contribution in [0.2, 0.25) is 0 Å². The third-order valence-corrected chi connectivity index (χ3v) is 8.50. The van der Waals surface area contributed by atoms with Crippen molar-refractivity contribution >= 4 is 81.4 Å². The monoisotopic (exact) mass is 384 g/mol. The zero-order valence-corrected chi connectivity index (χ0v) is 16.1. The van der Waals surface area contributed by atoms with Crippen LogP contribution < -0.4 is 0 Å². The van der Waals surface area contributed by atoms with Crippen molar-refractivity contribution in [3.63, 3.8) is 0 Å². The Morgan fingerprint density at radius 2 is 1.64 bits per heavy atom. The summed E-state index contributed by atoms with van der Waals surface area (Å²) < 4.78 is 12.0. The Labute approximate surface area is 146 Å². The van der Waals surface area contributed by atoms with Crippen molar-refractivity contribution < 1.29 is 9.05 Å². The predicted molar refractivity (Wildman–Crippen MR) is 106 cm³/mol. The number of benzene rings is 3. The quantitative estimate of drug-likeness (QED) is 0.181. The lowest BCUT2D eigenvalue weighted by Gasteiger charge is -2.22. The van der Waals surface area contributed by atoms with E-state index in [0.717, 1.165) is 0 Å². The molecule has 0 atom stereocenters. The second-order valence-electron chi connectivity index (χ2n) is 4.56. The molecule has 0 aliphatic rings. The fourth-order valence-corrected chi connectivity index (χ4v) is 4.93. The standard InChI is InChI=1S/C13H7S2.C2H7O2PS2/c1-2-8-4-6-10-13-11(15-14-10)7-5-9(3-1)12(8)13;1-3-5(6,7)4-2/h1-7H;1-2H3,(H,6,7)/q+1;/p-1. The first kappa shape index (κ1) is 16.5. The minimum absolute atomic E-state index is 1.36. The first-order chi connectivity index (χ1) is 10.6. The van der Waals surface area contributed by atoms with Crippen LogP contribution in [0.5, 0.6) is 0 Å². The van der Waals surface area contributed by atoms with Crippen molar-refractivity contribution in [1.29, 1.82) is 0 Å². The normalized spacial score (nSPS) is 12.0. The van der Waals surface area contributed by atoms with Gasteiger partial charge in [0.25, 0.3) is 4.70 Å². The minimum atomic E-state index is -2.24. The molecular weight excluding hydrogens is 371 g/mol. The van der Waals surface area contributed by atoms with Crippen LogP contribution in [0.3, 0.4) is 0 Å². The molecule has 7 heteroatoms. The Balaban J connectivity index is 0.000000178. The van der Waals surface area contributed by atoms with Gasteiger partial charge >= 0.3 is 10.3 Å². The molecule has 1 aromatic heterocycles. The Kier molecular flexibility index (Phi) is 5.00. The molecule has 3 aromatic carbocycles. The van der Waals surface area contributed by atoms with Gasteiger partial charge in [-0.1, -0.05) is 36.1 Å². The summed E-state index contributed by atoms with van der Waals surface area (Å²) in [5, 5.41) is 5.61. The van der Waals surface area contributed by atoms with Crippen molar-refractivity contribution in [2.24, 2.45) is 0 Å². The predicted octanol–water partition coefficient (Wildman–Crippen LogP) is 6.04. The second kappa shape index (κ2) is 6.65. The van der Waals surface area contributed by atoms with Crippen LogP contribution in [0.15, 0.2) is 42.5 Å². The van der Waals surface area contributed by atoms with Gasteiger partial charge in [0.2, 0.25) is 0 Å². The van der Waals surface area contributed by atoms with E-state index < -0.39 is 5.69 Å². The molecule has 4 aromatic rings. The van der Waals surface area contributed by atoms with Crippen LogP contribution in [0.25, 0.3) is 30.9 Å². The molecular formula is C15H13O2PS4. The molecule has 0 saturated heterocycles. The van der Waals surface area contributed by atoms with Crippen molar-refractivity contribution in [1.82, 2.24) is 0 Å². The molecule has 2 nitrogen and oxygen atoms in total. The van der Waals surface area contributed by atoms with Gasteiger partial charge < -0.3 is 21.3 Å². The summed E-state index contributed by atoms with van der Waals surface area (Å²) in [6, 6.07) is 15.5. The number of hydrogen-bond donors (Lipinski definition) is 0. The molecule has 1 heterocycles. The topological polar surface area (TPSA) is 18.5 Å². The van der Waals surface area contributed by atoms with Crippen LogP contribution in [-0.4, -0.2) is 14.2 Å². The maximum Gasteiger partial charge on any atom is 0.301 e. The van der Waals surface area contributed by atoms with Gasteiger partial charge in [0.1, 0.15) is 0 Å². The average Bonchev–Trinajstić information content (AvgIpc) is 2.98. The molecule has 0 saturated carbocycles. The lowest BCUT2D eigenvalue weighted by Crippen LogP contribution is -1.79. The zero-order valence-electron chi connectivity index (χ0n) is 11.9. The van der Waals surface area contributed by atoms with E-state index in [0.29, 0.717) is 0 Å². The van der Waals surface area contributed by atoms with Gasteiger partial charge in [-0.3, -0.25) is 0 Å². The maximum atomic E-state index is 4.63. The van der Waals surface area contributed by atoms with Gasteiger partial charge in [-0.25, -0.2) is 0 Å². The molecule has 0 radical (unpaired) electrons. The smallest absolute Gasteiger partial charge is 0.301 e. The van der Waals surface area contributed by atoms with Crippen molar-refractivity contribution in [3.8, 4) is 0 Å². The maximum absolute atomic E-state index is 4.63. The largest absolute Gasteiger partial charge is 0.691 e. The van der Waals surface area contributed by atoms with Crippen molar-refractivity contribution in [2.75, 3.05) is 14.2 Å². The van der Waals surface area contributed by atoms with Gasteiger partial charge in [-0.2, -0.15) is 0 Å². The molecule has 0 unspecified atom stereocenters. The van der Waals surface area contributed by atoms with E-state index in [4.69, 9.17) is 0 Å². The van der Waals surface area contributed by atoms with Crippen LogP contribution >= 0.6 is 26.4 Å². The Morgan fingerprint density at radius 3 is 2.23 bits per heavy atom. The summed E-state index contributed by atoms with van der Waals surface area (Å²) in [7, 11) is 6.67. The summed E-state index contributed by atoms with van der Waals surface area (Å²) in [6.07, 6.45) is 0. The first-order valence-corrected chi connectivity index (χ1v) is 12.2. The SMILES string of the molecule is COP(=S)([S-])OC.c1cc2ccc3s[s+]c4ccc(c1)c2c34. The van der Waals surface area contributed by atoms with Crippen LogP contribution in [0, 0.1) is 0 Å². The van der Waals surface area contributed by atoms with Crippen molar-refractivity contribution in [3.05, 3.63) is 42.5 Å². The third-order valence-electron chi connectivity index (χ3n) is 3.37. The van der Waals surface area contributed by atoms with Gasteiger partial charge in [0, 0.05) is 25.7 Å². The molecule has 0 aliphatic carbocycles. The highest BCUT2D eigenvalue weighted by molar-refractivity contribution is 8.51. The molecule has 0 spiro atoms.